The van der Waals surface area contributed by atoms with E-state index in [4.69, 9.17) is 27.9 Å². The van der Waals surface area contributed by atoms with Gasteiger partial charge in [0, 0.05) is 81.5 Å². The van der Waals surface area contributed by atoms with Gasteiger partial charge in [-0.05, 0) is 54.8 Å². The van der Waals surface area contributed by atoms with Crippen LogP contribution in [0.4, 0.5) is 10.1 Å². The smallest absolute Gasteiger partial charge is 0.245 e. The molecular formula is C28H35Cl2FN4O3. The fourth-order valence-corrected chi connectivity index (χ4v) is 5.59. The van der Waals surface area contributed by atoms with Gasteiger partial charge in [0.15, 0.2) is 0 Å². The third-order valence-electron chi connectivity index (χ3n) is 7.32. The molecule has 2 fully saturated rings. The topological polar surface area (TPSA) is 65.1 Å². The zero-order valence-electron chi connectivity index (χ0n) is 21.9. The van der Waals surface area contributed by atoms with Crippen LogP contribution in [0.1, 0.15) is 30.9 Å². The van der Waals surface area contributed by atoms with E-state index in [1.54, 1.807) is 36.3 Å². The van der Waals surface area contributed by atoms with Gasteiger partial charge in [-0.1, -0.05) is 29.3 Å². The van der Waals surface area contributed by atoms with Crippen LogP contribution < -0.4 is 10.2 Å². The molecule has 2 aliphatic rings. The molecule has 4 rings (SSSR count). The average Bonchev–Trinajstić information content (AvgIpc) is 3.33. The van der Waals surface area contributed by atoms with Gasteiger partial charge in [-0.2, -0.15) is 0 Å². The Morgan fingerprint density at radius 1 is 1.08 bits per heavy atom. The molecule has 206 valence electrons. The highest BCUT2D eigenvalue weighted by atomic mass is 35.5. The molecule has 0 aromatic heterocycles. The molecular weight excluding hydrogens is 530 g/mol. The van der Waals surface area contributed by atoms with Crippen LogP contribution in [-0.4, -0.2) is 80.1 Å². The SMILES string of the molecule is COC(C)CNCc1cc(F)ccc1N1CCN(C(=O)C(Cc2ccc(Cl)cc2Cl)N2CCCC2=O)CC1. The van der Waals surface area contributed by atoms with E-state index >= 15 is 0 Å². The van der Waals surface area contributed by atoms with Crippen molar-refractivity contribution in [3.05, 3.63) is 63.4 Å². The molecule has 2 heterocycles. The Labute approximate surface area is 233 Å². The van der Waals surface area contributed by atoms with Crippen molar-refractivity contribution >= 4 is 40.7 Å². The molecule has 2 unspecified atom stereocenters. The van der Waals surface area contributed by atoms with Gasteiger partial charge in [-0.25, -0.2) is 4.39 Å². The highest BCUT2D eigenvalue weighted by Gasteiger charge is 2.36. The molecule has 7 nitrogen and oxygen atoms in total. The van der Waals surface area contributed by atoms with Crippen LogP contribution in [0.2, 0.25) is 10.0 Å². The van der Waals surface area contributed by atoms with Crippen molar-refractivity contribution < 1.29 is 18.7 Å². The van der Waals surface area contributed by atoms with Gasteiger partial charge in [-0.15, -0.1) is 0 Å². The summed E-state index contributed by atoms with van der Waals surface area (Å²) < 4.78 is 19.3. The van der Waals surface area contributed by atoms with E-state index in [2.05, 4.69) is 10.2 Å². The number of amides is 2. The van der Waals surface area contributed by atoms with Crippen LogP contribution in [-0.2, 0) is 27.3 Å². The Morgan fingerprint density at radius 2 is 1.84 bits per heavy atom. The van der Waals surface area contributed by atoms with E-state index in [-0.39, 0.29) is 23.7 Å². The van der Waals surface area contributed by atoms with Gasteiger partial charge in [-0.3, -0.25) is 9.59 Å². The van der Waals surface area contributed by atoms with Crippen LogP contribution in [0.3, 0.4) is 0 Å². The van der Waals surface area contributed by atoms with Gasteiger partial charge in [0.2, 0.25) is 11.8 Å². The van der Waals surface area contributed by atoms with Crippen molar-refractivity contribution in [1.82, 2.24) is 15.1 Å². The second kappa shape index (κ2) is 13.1. The quantitative estimate of drug-likeness (QED) is 0.470. The molecule has 0 aliphatic carbocycles. The van der Waals surface area contributed by atoms with Crippen molar-refractivity contribution in [2.45, 2.75) is 44.9 Å². The second-order valence-electron chi connectivity index (χ2n) is 9.91. The maximum absolute atomic E-state index is 14.1. The molecule has 2 saturated heterocycles. The summed E-state index contributed by atoms with van der Waals surface area (Å²) in [7, 11) is 1.66. The standard InChI is InChI=1S/C28H35Cl2FN4O3/c1-19(38-2)17-32-18-21-14-23(31)7-8-25(21)33-10-12-34(13-11-33)28(37)26(35-9-3-4-27(35)36)15-20-5-6-22(29)16-24(20)30/h5-8,14,16,19,26,32H,3-4,9-13,15,17-18H2,1-2H3. The summed E-state index contributed by atoms with van der Waals surface area (Å²) in [5, 5.41) is 4.34. The van der Waals surface area contributed by atoms with E-state index in [1.165, 1.54) is 6.07 Å². The highest BCUT2D eigenvalue weighted by Crippen LogP contribution is 2.27. The van der Waals surface area contributed by atoms with Crippen molar-refractivity contribution in [3.8, 4) is 0 Å². The fraction of sp³-hybridized carbons (Fsp3) is 0.500. The first kappa shape index (κ1) is 28.6. The number of rotatable bonds is 10. The lowest BCUT2D eigenvalue weighted by molar-refractivity contribution is -0.143. The normalized spacial score (nSPS) is 17.7. The van der Waals surface area contributed by atoms with Crippen LogP contribution in [0.15, 0.2) is 36.4 Å². The van der Waals surface area contributed by atoms with E-state index in [0.717, 1.165) is 23.2 Å². The molecule has 2 aromatic carbocycles. The molecule has 0 saturated carbocycles. The molecule has 2 aliphatic heterocycles. The number of carbonyl (C=O) groups is 2. The van der Waals surface area contributed by atoms with E-state index in [9.17, 15) is 14.0 Å². The fourth-order valence-electron chi connectivity index (χ4n) is 5.10. The van der Waals surface area contributed by atoms with Gasteiger partial charge < -0.3 is 24.8 Å². The molecule has 0 radical (unpaired) electrons. The molecule has 10 heteroatoms. The Hall–Kier alpha value is -2.39. The Balaban J connectivity index is 1.45. The molecule has 0 spiro atoms. The first-order valence-electron chi connectivity index (χ1n) is 13.1. The second-order valence-corrected chi connectivity index (χ2v) is 10.8. The summed E-state index contributed by atoms with van der Waals surface area (Å²) >= 11 is 12.5. The number of piperazine rings is 1. The summed E-state index contributed by atoms with van der Waals surface area (Å²) in [6.07, 6.45) is 1.60. The number of likely N-dealkylation sites (tertiary alicyclic amines) is 1. The third kappa shape index (κ3) is 6.97. The molecule has 0 bridgehead atoms. The first-order valence-corrected chi connectivity index (χ1v) is 13.8. The van der Waals surface area contributed by atoms with Crippen molar-refractivity contribution in [3.63, 3.8) is 0 Å². The minimum absolute atomic E-state index is 0.00156. The van der Waals surface area contributed by atoms with Gasteiger partial charge in [0.05, 0.1) is 6.10 Å². The lowest BCUT2D eigenvalue weighted by Gasteiger charge is -2.40. The predicted molar refractivity (Wildman–Crippen MR) is 148 cm³/mol. The van der Waals surface area contributed by atoms with E-state index < -0.39 is 6.04 Å². The summed E-state index contributed by atoms with van der Waals surface area (Å²) in [6, 6.07) is 9.46. The Morgan fingerprint density at radius 3 is 2.50 bits per heavy atom. The summed E-state index contributed by atoms with van der Waals surface area (Å²) in [5.41, 5.74) is 2.61. The molecule has 2 aromatic rings. The van der Waals surface area contributed by atoms with Gasteiger partial charge >= 0.3 is 0 Å². The number of anilines is 1. The number of methoxy groups -OCH3 is 1. The summed E-state index contributed by atoms with van der Waals surface area (Å²) in [4.78, 5) is 32.1. The van der Waals surface area contributed by atoms with Gasteiger partial charge in [0.25, 0.3) is 0 Å². The number of halogens is 3. The van der Waals surface area contributed by atoms with Crippen LogP contribution >= 0.6 is 23.2 Å². The minimum Gasteiger partial charge on any atom is -0.380 e. The van der Waals surface area contributed by atoms with Crippen molar-refractivity contribution in [2.75, 3.05) is 51.3 Å². The Kier molecular flexibility index (Phi) is 9.87. The number of nitrogens with zero attached hydrogens (tertiary/aromatic N) is 3. The maximum atomic E-state index is 14.1. The number of nitrogens with one attached hydrogen (secondary N) is 1. The van der Waals surface area contributed by atoms with E-state index in [0.29, 0.717) is 68.7 Å². The number of hydrogen-bond donors (Lipinski definition) is 1. The predicted octanol–water partition coefficient (Wildman–Crippen LogP) is 4.14. The number of ether oxygens (including phenoxy) is 1. The maximum Gasteiger partial charge on any atom is 0.245 e. The molecule has 1 N–H and O–H groups in total. The number of carbonyl (C=O) groups excluding carboxylic acids is 2. The summed E-state index contributed by atoms with van der Waals surface area (Å²) in [6.45, 7) is 5.95. The highest BCUT2D eigenvalue weighted by molar-refractivity contribution is 6.35. The molecule has 2 amide bonds. The lowest BCUT2D eigenvalue weighted by Crippen LogP contribution is -2.56. The zero-order chi connectivity index (χ0) is 27.2. The number of hydrogen-bond acceptors (Lipinski definition) is 5. The summed E-state index contributed by atoms with van der Waals surface area (Å²) in [5.74, 6) is -0.350. The third-order valence-corrected chi connectivity index (χ3v) is 7.91. The monoisotopic (exact) mass is 564 g/mol. The Bertz CT molecular complexity index is 1140. The van der Waals surface area contributed by atoms with Crippen LogP contribution in [0.5, 0.6) is 0 Å². The van der Waals surface area contributed by atoms with E-state index in [1.807, 2.05) is 17.9 Å². The average molecular weight is 566 g/mol. The molecule has 2 atom stereocenters. The zero-order valence-corrected chi connectivity index (χ0v) is 23.4. The molecule has 38 heavy (non-hydrogen) atoms. The lowest BCUT2D eigenvalue weighted by atomic mass is 10.0. The van der Waals surface area contributed by atoms with Crippen LogP contribution in [0.25, 0.3) is 0 Å². The first-order chi connectivity index (χ1) is 18.3. The van der Waals surface area contributed by atoms with Crippen molar-refractivity contribution in [2.24, 2.45) is 0 Å². The minimum atomic E-state index is -0.608. The number of benzene rings is 2. The largest absolute Gasteiger partial charge is 0.380 e. The van der Waals surface area contributed by atoms with Crippen LogP contribution in [0, 0.1) is 5.82 Å². The van der Waals surface area contributed by atoms with Crippen molar-refractivity contribution in [1.29, 1.82) is 0 Å². The van der Waals surface area contributed by atoms with Gasteiger partial charge in [0.1, 0.15) is 11.9 Å².